The number of rotatable bonds is 9. The minimum atomic E-state index is 0.512. The van der Waals surface area contributed by atoms with Crippen LogP contribution in [0, 0.1) is 0 Å². The summed E-state index contributed by atoms with van der Waals surface area (Å²) in [5.74, 6) is 2.10. The van der Waals surface area contributed by atoms with Gasteiger partial charge in [0, 0.05) is 70.4 Å². The molecule has 7 heteroatoms. The van der Waals surface area contributed by atoms with Gasteiger partial charge in [0.1, 0.15) is 12.4 Å². The molecule has 1 saturated carbocycles. The summed E-state index contributed by atoms with van der Waals surface area (Å²) >= 11 is 5.61. The Hall–Kier alpha value is -1.89. The molecule has 0 aromatic carbocycles. The van der Waals surface area contributed by atoms with Gasteiger partial charge in [0.15, 0.2) is 0 Å². The molecule has 0 spiro atoms. The van der Waals surface area contributed by atoms with Crippen molar-refractivity contribution in [2.45, 2.75) is 38.1 Å². The molecule has 0 N–H and O–H groups in total. The van der Waals surface area contributed by atoms with Crippen molar-refractivity contribution in [2.24, 2.45) is 0 Å². The third-order valence-corrected chi connectivity index (χ3v) is 6.98. The zero-order valence-corrected chi connectivity index (χ0v) is 19.8. The molecule has 1 aromatic rings. The summed E-state index contributed by atoms with van der Waals surface area (Å²) in [6.07, 6.45) is 15.7. The van der Waals surface area contributed by atoms with E-state index >= 15 is 0 Å². The summed E-state index contributed by atoms with van der Waals surface area (Å²) < 4.78 is 5.75. The summed E-state index contributed by atoms with van der Waals surface area (Å²) in [6, 6.07) is 0.834. The van der Waals surface area contributed by atoms with Crippen LogP contribution in [0.25, 0.3) is 0 Å². The van der Waals surface area contributed by atoms with Gasteiger partial charge in [-0.1, -0.05) is 31.2 Å². The highest BCUT2D eigenvalue weighted by Gasteiger charge is 2.29. The molecule has 0 unspecified atom stereocenters. The quantitative estimate of drug-likeness (QED) is 0.321. The third kappa shape index (κ3) is 6.33. The lowest BCUT2D eigenvalue weighted by molar-refractivity contribution is 0.120. The standard InChI is InChI=1S/C25H36ClN5O/c1-21(6-3-2-4-11-26)32-19-18-29-12-9-22-20-27-25(28-24(22)10-13-29)31-16-14-30(15-17-31)23-7-5-8-23/h2-4,6,20,23H,1,5,7-19H2/b4-2-,6-3-. The van der Waals surface area contributed by atoms with E-state index in [4.69, 9.17) is 26.3 Å². The lowest BCUT2D eigenvalue weighted by Crippen LogP contribution is -2.52. The van der Waals surface area contributed by atoms with E-state index in [1.807, 2.05) is 24.3 Å². The first kappa shape index (κ1) is 23.3. The Bertz CT molecular complexity index is 815. The fourth-order valence-electron chi connectivity index (χ4n) is 4.57. The van der Waals surface area contributed by atoms with Crippen molar-refractivity contribution in [3.05, 3.63) is 54.1 Å². The molecule has 1 aromatic heterocycles. The molecule has 3 aliphatic rings. The Balaban J connectivity index is 1.22. The first-order valence-corrected chi connectivity index (χ1v) is 12.5. The Kier molecular flexibility index (Phi) is 8.60. The summed E-state index contributed by atoms with van der Waals surface area (Å²) in [5.41, 5.74) is 2.52. The van der Waals surface area contributed by atoms with Crippen LogP contribution < -0.4 is 4.90 Å². The molecule has 0 bridgehead atoms. The molecular weight excluding hydrogens is 422 g/mol. The van der Waals surface area contributed by atoms with E-state index in [1.165, 1.54) is 30.5 Å². The molecule has 2 fully saturated rings. The summed E-state index contributed by atoms with van der Waals surface area (Å²) in [6.45, 7) is 11.9. The van der Waals surface area contributed by atoms with Crippen molar-refractivity contribution in [1.82, 2.24) is 19.8 Å². The van der Waals surface area contributed by atoms with E-state index in [-0.39, 0.29) is 0 Å². The van der Waals surface area contributed by atoms with Crippen LogP contribution in [-0.2, 0) is 17.6 Å². The van der Waals surface area contributed by atoms with Crippen molar-refractivity contribution in [2.75, 3.05) is 63.2 Å². The highest BCUT2D eigenvalue weighted by molar-refractivity contribution is 6.18. The van der Waals surface area contributed by atoms with E-state index in [9.17, 15) is 0 Å². The number of hydrogen-bond acceptors (Lipinski definition) is 6. The number of allylic oxidation sites excluding steroid dienone is 4. The Labute approximate surface area is 197 Å². The molecule has 6 nitrogen and oxygen atoms in total. The second kappa shape index (κ2) is 11.8. The molecule has 32 heavy (non-hydrogen) atoms. The minimum Gasteiger partial charge on any atom is -0.493 e. The zero-order valence-electron chi connectivity index (χ0n) is 19.1. The van der Waals surface area contributed by atoms with Crippen molar-refractivity contribution in [3.8, 4) is 0 Å². The van der Waals surface area contributed by atoms with Gasteiger partial charge in [0.2, 0.25) is 5.95 Å². The van der Waals surface area contributed by atoms with Crippen LogP contribution in [0.5, 0.6) is 0 Å². The number of aromatic nitrogens is 2. The highest BCUT2D eigenvalue weighted by Crippen LogP contribution is 2.26. The predicted octanol–water partition coefficient (Wildman–Crippen LogP) is 3.43. The lowest BCUT2D eigenvalue weighted by atomic mass is 9.91. The van der Waals surface area contributed by atoms with Crippen LogP contribution in [0.3, 0.4) is 0 Å². The predicted molar refractivity (Wildman–Crippen MR) is 131 cm³/mol. The SMILES string of the molecule is C=C(/C=C\C=C/CCl)OCCN1CCc2cnc(N3CCN(C4CCC4)CC3)nc2CC1. The number of hydrogen-bond donors (Lipinski definition) is 0. The van der Waals surface area contributed by atoms with Gasteiger partial charge < -0.3 is 9.64 Å². The number of anilines is 1. The van der Waals surface area contributed by atoms with Crippen molar-refractivity contribution in [3.63, 3.8) is 0 Å². The number of ether oxygens (including phenoxy) is 1. The molecular formula is C25H36ClN5O. The second-order valence-corrected chi connectivity index (χ2v) is 9.16. The van der Waals surface area contributed by atoms with E-state index in [0.717, 1.165) is 70.6 Å². The van der Waals surface area contributed by atoms with Crippen LogP contribution in [0.15, 0.2) is 42.8 Å². The van der Waals surface area contributed by atoms with Crippen LogP contribution >= 0.6 is 11.6 Å². The number of nitrogens with zero attached hydrogens (tertiary/aromatic N) is 5. The Morgan fingerprint density at radius 3 is 2.69 bits per heavy atom. The fraction of sp³-hybridized carbons (Fsp3) is 0.600. The molecule has 1 saturated heterocycles. The monoisotopic (exact) mass is 457 g/mol. The van der Waals surface area contributed by atoms with Gasteiger partial charge in [0.25, 0.3) is 0 Å². The maximum Gasteiger partial charge on any atom is 0.225 e. The molecule has 174 valence electrons. The molecule has 1 aliphatic carbocycles. The normalized spacial score (nSPS) is 21.0. The van der Waals surface area contributed by atoms with Gasteiger partial charge in [-0.2, -0.15) is 0 Å². The molecule has 4 rings (SSSR count). The van der Waals surface area contributed by atoms with Gasteiger partial charge in [-0.25, -0.2) is 9.97 Å². The topological polar surface area (TPSA) is 44.7 Å². The van der Waals surface area contributed by atoms with Crippen molar-refractivity contribution >= 4 is 17.5 Å². The van der Waals surface area contributed by atoms with Crippen LogP contribution in [0.4, 0.5) is 5.95 Å². The molecule has 2 aliphatic heterocycles. The second-order valence-electron chi connectivity index (χ2n) is 8.85. The average Bonchev–Trinajstić information content (AvgIpc) is 2.98. The Morgan fingerprint density at radius 2 is 1.94 bits per heavy atom. The first-order valence-electron chi connectivity index (χ1n) is 12.0. The minimum absolute atomic E-state index is 0.512. The molecule has 3 heterocycles. The van der Waals surface area contributed by atoms with Crippen LogP contribution in [0.2, 0.25) is 0 Å². The zero-order chi connectivity index (χ0) is 22.2. The highest BCUT2D eigenvalue weighted by atomic mass is 35.5. The fourth-order valence-corrected chi connectivity index (χ4v) is 4.68. The third-order valence-electron chi connectivity index (χ3n) is 6.81. The van der Waals surface area contributed by atoms with E-state index in [1.54, 1.807) is 0 Å². The summed E-state index contributed by atoms with van der Waals surface area (Å²) in [5, 5.41) is 0. The summed E-state index contributed by atoms with van der Waals surface area (Å²) in [4.78, 5) is 17.2. The smallest absolute Gasteiger partial charge is 0.225 e. The first-order chi connectivity index (χ1) is 15.7. The van der Waals surface area contributed by atoms with Gasteiger partial charge in [-0.05, 0) is 30.9 Å². The lowest BCUT2D eigenvalue weighted by Gasteiger charge is -2.43. The van der Waals surface area contributed by atoms with Gasteiger partial charge in [0.05, 0.1) is 5.69 Å². The van der Waals surface area contributed by atoms with Crippen LogP contribution in [0.1, 0.15) is 30.5 Å². The van der Waals surface area contributed by atoms with E-state index in [0.29, 0.717) is 18.2 Å². The average molecular weight is 458 g/mol. The van der Waals surface area contributed by atoms with Gasteiger partial charge >= 0.3 is 0 Å². The molecule has 0 atom stereocenters. The van der Waals surface area contributed by atoms with Gasteiger partial charge in [-0.15, -0.1) is 11.6 Å². The van der Waals surface area contributed by atoms with E-state index < -0.39 is 0 Å². The number of alkyl halides is 1. The van der Waals surface area contributed by atoms with E-state index in [2.05, 4.69) is 27.5 Å². The maximum atomic E-state index is 5.75. The number of piperazine rings is 1. The number of halogens is 1. The van der Waals surface area contributed by atoms with Crippen molar-refractivity contribution in [1.29, 1.82) is 0 Å². The van der Waals surface area contributed by atoms with Crippen LogP contribution in [-0.4, -0.2) is 84.1 Å². The maximum absolute atomic E-state index is 5.75. The summed E-state index contributed by atoms with van der Waals surface area (Å²) in [7, 11) is 0. The number of fused-ring (bicyclic) bond motifs is 1. The van der Waals surface area contributed by atoms with Crippen molar-refractivity contribution < 1.29 is 4.74 Å². The Morgan fingerprint density at radius 1 is 1.12 bits per heavy atom. The molecule has 0 radical (unpaired) electrons. The largest absolute Gasteiger partial charge is 0.493 e. The van der Waals surface area contributed by atoms with Gasteiger partial charge in [-0.3, -0.25) is 9.80 Å². The molecule has 0 amide bonds.